The second-order valence-electron chi connectivity index (χ2n) is 14.1. The van der Waals surface area contributed by atoms with Crippen LogP contribution in [0.3, 0.4) is 0 Å². The van der Waals surface area contributed by atoms with Gasteiger partial charge in [-0.3, -0.25) is 0 Å². The fourth-order valence-corrected chi connectivity index (χ4v) is 7.24. The van der Waals surface area contributed by atoms with Crippen LogP contribution in [0.1, 0.15) is 44.4 Å². The summed E-state index contributed by atoms with van der Waals surface area (Å²) in [6, 6.07) is 19.4. The SMILES string of the molecule is COc1ccc(CN(Cc2ccc(OC)cc2)c2cc(C)c(I)c(-c3c(Cl)cc4c(N5CCN(C(=O)OC(C)(C)C)C[C@@H]5C)ncnc4c3F)n2)cc1. The minimum Gasteiger partial charge on any atom is -0.497 e. The van der Waals surface area contributed by atoms with Crippen molar-refractivity contribution in [2.45, 2.75) is 59.4 Å². The number of methoxy groups -OCH3 is 2. The molecule has 3 heterocycles. The monoisotopic (exact) mass is 852 g/mol. The van der Waals surface area contributed by atoms with Crippen LogP contribution in [0, 0.1) is 16.3 Å². The summed E-state index contributed by atoms with van der Waals surface area (Å²) in [5.74, 6) is 2.19. The molecule has 5 aromatic rings. The summed E-state index contributed by atoms with van der Waals surface area (Å²) in [5.41, 5.74) is 3.19. The number of piperazine rings is 1. The lowest BCUT2D eigenvalue weighted by Crippen LogP contribution is -2.54. The Balaban J connectivity index is 1.37. The maximum atomic E-state index is 16.9. The highest BCUT2D eigenvalue weighted by molar-refractivity contribution is 14.1. The van der Waals surface area contributed by atoms with Crippen LogP contribution in [0.2, 0.25) is 5.02 Å². The number of benzene rings is 3. The molecule has 0 aliphatic carbocycles. The number of halogens is 3. The van der Waals surface area contributed by atoms with E-state index in [2.05, 4.69) is 42.4 Å². The van der Waals surface area contributed by atoms with Crippen molar-refractivity contribution in [1.82, 2.24) is 19.9 Å². The number of carbonyl (C=O) groups is 1. The Morgan fingerprint density at radius 1 is 0.981 bits per heavy atom. The highest BCUT2D eigenvalue weighted by atomic mass is 127. The maximum absolute atomic E-state index is 16.9. The first kappa shape index (κ1) is 38.3. The van der Waals surface area contributed by atoms with Gasteiger partial charge < -0.3 is 28.9 Å². The van der Waals surface area contributed by atoms with Gasteiger partial charge in [0, 0.05) is 47.7 Å². The lowest BCUT2D eigenvalue weighted by molar-refractivity contribution is 0.0218. The Bertz CT molecular complexity index is 2060. The number of aromatic nitrogens is 3. The van der Waals surface area contributed by atoms with Crippen molar-refractivity contribution >= 4 is 62.8 Å². The molecular weight excluding hydrogens is 810 g/mol. The predicted octanol–water partition coefficient (Wildman–Crippen LogP) is 9.07. The summed E-state index contributed by atoms with van der Waals surface area (Å²) in [4.78, 5) is 32.8. The van der Waals surface area contributed by atoms with Crippen LogP contribution < -0.4 is 19.3 Å². The maximum Gasteiger partial charge on any atom is 0.410 e. The molecule has 2 aromatic heterocycles. The number of rotatable bonds is 9. The minimum absolute atomic E-state index is 0.125. The van der Waals surface area contributed by atoms with E-state index in [1.807, 2.05) is 89.2 Å². The number of ether oxygens (including phenoxy) is 3. The quantitative estimate of drug-likeness (QED) is 0.135. The summed E-state index contributed by atoms with van der Waals surface area (Å²) in [6.45, 7) is 11.9. The second kappa shape index (κ2) is 15.9. The van der Waals surface area contributed by atoms with Gasteiger partial charge in [0.1, 0.15) is 40.6 Å². The molecule has 6 rings (SSSR count). The zero-order chi connectivity index (χ0) is 38.0. The van der Waals surface area contributed by atoms with Crippen LogP contribution in [-0.2, 0) is 17.8 Å². The third kappa shape index (κ3) is 8.54. The standard InChI is InChI=1S/C40H43ClFIN6O4/c1-24-18-32(48(21-26-8-12-28(51-6)13-9-26)22-27-10-14-29(52-7)15-11-27)46-37(35(24)43)33-31(41)19-30-36(34(33)42)44-23-45-38(30)49-17-16-47(20-25(49)2)39(50)53-40(3,4)5/h8-15,18-19,23,25H,16-17,20-22H2,1-7H3/t25-/m0/s1. The summed E-state index contributed by atoms with van der Waals surface area (Å²) in [5, 5.41) is 0.685. The van der Waals surface area contributed by atoms with Crippen LogP contribution >= 0.6 is 34.2 Å². The molecule has 0 spiro atoms. The third-order valence-electron chi connectivity index (χ3n) is 9.10. The van der Waals surface area contributed by atoms with E-state index >= 15 is 4.39 Å². The highest BCUT2D eigenvalue weighted by Gasteiger charge is 2.32. The van der Waals surface area contributed by atoms with Crippen molar-refractivity contribution in [3.05, 3.63) is 98.1 Å². The Hall–Kier alpha value is -4.43. The zero-order valence-corrected chi connectivity index (χ0v) is 33.8. The normalized spacial score (nSPS) is 14.7. The summed E-state index contributed by atoms with van der Waals surface area (Å²) >= 11 is 9.24. The van der Waals surface area contributed by atoms with E-state index in [4.69, 9.17) is 30.8 Å². The molecule has 53 heavy (non-hydrogen) atoms. The number of aryl methyl sites for hydroxylation is 1. The number of amides is 1. The third-order valence-corrected chi connectivity index (χ3v) is 10.8. The molecule has 1 aliphatic rings. The number of hydrogen-bond acceptors (Lipinski definition) is 9. The van der Waals surface area contributed by atoms with Gasteiger partial charge in [-0.1, -0.05) is 35.9 Å². The van der Waals surface area contributed by atoms with E-state index in [0.29, 0.717) is 55.4 Å². The summed E-state index contributed by atoms with van der Waals surface area (Å²) < 4.78 is 34.1. The van der Waals surface area contributed by atoms with Gasteiger partial charge in [-0.25, -0.2) is 24.1 Å². The number of carbonyl (C=O) groups excluding carboxylic acids is 1. The van der Waals surface area contributed by atoms with Crippen molar-refractivity contribution in [1.29, 1.82) is 0 Å². The van der Waals surface area contributed by atoms with Crippen molar-refractivity contribution < 1.29 is 23.4 Å². The van der Waals surface area contributed by atoms with Crippen LogP contribution in [0.4, 0.5) is 20.8 Å². The summed E-state index contributed by atoms with van der Waals surface area (Å²) in [7, 11) is 3.29. The predicted molar refractivity (Wildman–Crippen MR) is 216 cm³/mol. The average Bonchev–Trinajstić information content (AvgIpc) is 3.12. The fourth-order valence-electron chi connectivity index (χ4n) is 6.41. The van der Waals surface area contributed by atoms with Crippen LogP contribution in [0.15, 0.2) is 67.0 Å². The van der Waals surface area contributed by atoms with Gasteiger partial charge in [0.2, 0.25) is 0 Å². The molecule has 3 aromatic carbocycles. The van der Waals surface area contributed by atoms with Gasteiger partial charge in [0.05, 0.1) is 30.5 Å². The lowest BCUT2D eigenvalue weighted by atomic mass is 10.0. The molecule has 0 bridgehead atoms. The number of anilines is 2. The van der Waals surface area contributed by atoms with Gasteiger partial charge in [-0.2, -0.15) is 0 Å². The van der Waals surface area contributed by atoms with Crippen molar-refractivity contribution in [2.75, 3.05) is 43.7 Å². The first-order chi connectivity index (χ1) is 25.3. The number of nitrogens with zero attached hydrogens (tertiary/aromatic N) is 6. The first-order valence-electron chi connectivity index (χ1n) is 17.3. The van der Waals surface area contributed by atoms with Gasteiger partial charge >= 0.3 is 6.09 Å². The van der Waals surface area contributed by atoms with Gasteiger partial charge in [0.25, 0.3) is 0 Å². The molecular formula is C40H43ClFIN6O4. The Labute approximate surface area is 328 Å². The van der Waals surface area contributed by atoms with Gasteiger partial charge in [-0.15, -0.1) is 0 Å². The molecule has 1 atom stereocenters. The number of fused-ring (bicyclic) bond motifs is 1. The molecule has 13 heteroatoms. The molecule has 0 radical (unpaired) electrons. The average molecular weight is 853 g/mol. The Kier molecular flexibility index (Phi) is 11.5. The van der Waals surface area contributed by atoms with Crippen molar-refractivity contribution in [3.8, 4) is 22.8 Å². The topological polar surface area (TPSA) is 93.2 Å². The largest absolute Gasteiger partial charge is 0.497 e. The molecule has 0 saturated carbocycles. The fraction of sp³-hybridized carbons (Fsp3) is 0.350. The molecule has 1 amide bonds. The van der Waals surface area contributed by atoms with Crippen molar-refractivity contribution in [2.24, 2.45) is 0 Å². The number of hydrogen-bond donors (Lipinski definition) is 0. The molecule has 0 unspecified atom stereocenters. The zero-order valence-electron chi connectivity index (χ0n) is 30.9. The molecule has 278 valence electrons. The molecule has 1 aliphatic heterocycles. The van der Waals surface area contributed by atoms with E-state index in [1.165, 1.54) is 6.33 Å². The van der Waals surface area contributed by atoms with E-state index in [9.17, 15) is 4.79 Å². The molecule has 10 nitrogen and oxygen atoms in total. The summed E-state index contributed by atoms with van der Waals surface area (Å²) in [6.07, 6.45) is 1.01. The van der Waals surface area contributed by atoms with Crippen molar-refractivity contribution in [3.63, 3.8) is 0 Å². The number of pyridine rings is 1. The molecule has 0 N–H and O–H groups in total. The van der Waals surface area contributed by atoms with E-state index in [0.717, 1.165) is 31.8 Å². The van der Waals surface area contributed by atoms with E-state index < -0.39 is 11.4 Å². The first-order valence-corrected chi connectivity index (χ1v) is 18.8. The molecule has 1 fully saturated rings. The molecule has 1 saturated heterocycles. The van der Waals surface area contributed by atoms with Gasteiger partial charge in [-0.05, 0) is 110 Å². The van der Waals surface area contributed by atoms with Crippen LogP contribution in [-0.4, -0.2) is 71.4 Å². The van der Waals surface area contributed by atoms with Gasteiger partial charge in [0.15, 0.2) is 5.82 Å². The minimum atomic E-state index is -0.595. The van der Waals surface area contributed by atoms with Crippen LogP contribution in [0.25, 0.3) is 22.2 Å². The lowest BCUT2D eigenvalue weighted by Gasteiger charge is -2.41. The second-order valence-corrected chi connectivity index (χ2v) is 15.6. The van der Waals surface area contributed by atoms with E-state index in [1.54, 1.807) is 25.2 Å². The Morgan fingerprint density at radius 2 is 1.58 bits per heavy atom. The van der Waals surface area contributed by atoms with E-state index in [-0.39, 0.29) is 28.2 Å². The van der Waals surface area contributed by atoms with Crippen LogP contribution in [0.5, 0.6) is 11.5 Å². The smallest absolute Gasteiger partial charge is 0.410 e. The highest BCUT2D eigenvalue weighted by Crippen LogP contribution is 2.41. The Morgan fingerprint density at radius 3 is 2.13 bits per heavy atom.